The molecule has 2 heterocycles. The summed E-state index contributed by atoms with van der Waals surface area (Å²) < 4.78 is 7.77. The van der Waals surface area contributed by atoms with E-state index < -0.39 is 36.4 Å². The van der Waals surface area contributed by atoms with Gasteiger partial charge in [0.05, 0.1) is 36.3 Å². The van der Waals surface area contributed by atoms with Gasteiger partial charge in [-0.3, -0.25) is 19.7 Å². The van der Waals surface area contributed by atoms with Gasteiger partial charge in [-0.1, -0.05) is 49.4 Å². The molecule has 4 atom stereocenters. The summed E-state index contributed by atoms with van der Waals surface area (Å²) in [5.41, 5.74) is 0.355. The van der Waals surface area contributed by atoms with Crippen LogP contribution in [0.5, 0.6) is 0 Å². The first kappa shape index (κ1) is 32.2. The van der Waals surface area contributed by atoms with Crippen molar-refractivity contribution in [3.05, 3.63) is 103 Å². The number of nitrogens with zero attached hydrogens (tertiary/aromatic N) is 3. The normalized spacial score (nSPS) is 22.8. The molecular weight excluding hydrogens is 693 g/mol. The molecule has 2 aliphatic rings. The number of rotatable bonds is 10. The van der Waals surface area contributed by atoms with Crippen LogP contribution >= 0.6 is 22.6 Å². The maximum absolute atomic E-state index is 14.6. The first-order chi connectivity index (χ1) is 20.9. The fourth-order valence-electron chi connectivity index (χ4n) is 6.83. The van der Waals surface area contributed by atoms with E-state index in [1.54, 1.807) is 29.0 Å². The molecule has 12 heteroatoms. The maximum Gasteiger partial charge on any atom is 0.269 e. The summed E-state index contributed by atoms with van der Waals surface area (Å²) in [6.07, 6.45) is -0.939. The second kappa shape index (κ2) is 12.7. The number of amides is 2. The van der Waals surface area contributed by atoms with Gasteiger partial charge < -0.3 is 24.4 Å². The molecule has 0 bridgehead atoms. The zero-order valence-electron chi connectivity index (χ0n) is 24.9. The number of non-ortho nitro benzene ring substituents is 1. The number of nitro groups is 1. The molecule has 3 aromatic rings. The number of benzene rings is 3. The van der Waals surface area contributed by atoms with Crippen molar-refractivity contribution in [2.45, 2.75) is 56.8 Å². The highest BCUT2D eigenvalue weighted by Crippen LogP contribution is 2.60. The summed E-state index contributed by atoms with van der Waals surface area (Å²) in [5, 5.41) is 21.6. The Morgan fingerprint density at radius 3 is 2.41 bits per heavy atom. The van der Waals surface area contributed by atoms with E-state index in [2.05, 4.69) is 22.6 Å². The van der Waals surface area contributed by atoms with E-state index in [1.807, 2.05) is 61.5 Å². The summed E-state index contributed by atoms with van der Waals surface area (Å²) in [5.74, 6) is -1.23. The van der Waals surface area contributed by atoms with Crippen LogP contribution < -0.4 is 4.90 Å². The monoisotopic (exact) mass is 729 g/mol. The number of carbonyl (C=O) groups excluding carboxylic acids is 2. The molecular formula is C32H36IN3O7Si. The van der Waals surface area contributed by atoms with Crippen molar-refractivity contribution in [1.82, 2.24) is 4.90 Å². The molecule has 0 unspecified atom stereocenters. The number of aliphatic hydroxyl groups excluding tert-OH is 1. The van der Waals surface area contributed by atoms with E-state index in [0.29, 0.717) is 11.3 Å². The predicted molar refractivity (Wildman–Crippen MR) is 176 cm³/mol. The lowest BCUT2D eigenvalue weighted by atomic mass is 9.82. The molecule has 10 nitrogen and oxygen atoms in total. The minimum absolute atomic E-state index is 0.115. The standard InChI is InChI=1S/C32H36IN3O7Si/c1-21-30(44(2,3)42)28(18-29(38)34(15-16-37)19-22-7-5-4-6-8-22)43-32(21)26-17-25(36(40)41)13-14-27(26)35(31(32)39)20-23-9-11-24(33)12-10-23/h4-14,17,21,28,30,37,42H,15-16,18-20H2,1-3H3/t21-,28+,30-,32+/m0/s1. The van der Waals surface area contributed by atoms with Crippen molar-refractivity contribution >= 4 is 54.1 Å². The van der Waals surface area contributed by atoms with Crippen LogP contribution in [0.4, 0.5) is 11.4 Å². The van der Waals surface area contributed by atoms with Crippen molar-refractivity contribution in [1.29, 1.82) is 0 Å². The van der Waals surface area contributed by atoms with E-state index in [0.717, 1.165) is 14.7 Å². The van der Waals surface area contributed by atoms with Crippen LogP contribution in [0.1, 0.15) is 30.0 Å². The summed E-state index contributed by atoms with van der Waals surface area (Å²) in [7, 11) is -3.08. The van der Waals surface area contributed by atoms with Crippen LogP contribution in [0.25, 0.3) is 0 Å². The Bertz CT molecular complexity index is 1550. The average molecular weight is 730 g/mol. The van der Waals surface area contributed by atoms with Crippen molar-refractivity contribution in [3.8, 4) is 0 Å². The second-order valence-electron chi connectivity index (χ2n) is 12.1. The zero-order chi connectivity index (χ0) is 31.8. The molecule has 44 heavy (non-hydrogen) atoms. The SMILES string of the molecule is C[C@H]1[C@H]([Si](C)(C)O)[C@@H](CC(=O)N(CCO)Cc2ccccc2)O[C@]12C(=O)N(Cc1ccc(I)cc1)c1ccc([N+](=O)[O-])cc12. The van der Waals surface area contributed by atoms with E-state index in [1.165, 1.54) is 12.1 Å². The van der Waals surface area contributed by atoms with Crippen LogP contribution in [-0.4, -0.2) is 59.1 Å². The van der Waals surface area contributed by atoms with Gasteiger partial charge >= 0.3 is 0 Å². The number of aliphatic hydroxyl groups is 1. The van der Waals surface area contributed by atoms with Gasteiger partial charge in [0.1, 0.15) is 0 Å². The smallest absolute Gasteiger partial charge is 0.269 e. The minimum Gasteiger partial charge on any atom is -0.432 e. The van der Waals surface area contributed by atoms with Crippen molar-refractivity contribution in [2.24, 2.45) is 5.92 Å². The Labute approximate surface area is 271 Å². The van der Waals surface area contributed by atoms with Crippen molar-refractivity contribution < 1.29 is 29.2 Å². The fourth-order valence-corrected chi connectivity index (χ4v) is 9.74. The third-order valence-corrected chi connectivity index (χ3v) is 12.0. The first-order valence-electron chi connectivity index (χ1n) is 14.5. The molecule has 0 saturated carbocycles. The largest absolute Gasteiger partial charge is 0.432 e. The van der Waals surface area contributed by atoms with Gasteiger partial charge in [-0.2, -0.15) is 0 Å². The number of fused-ring (bicyclic) bond motifs is 2. The lowest BCUT2D eigenvalue weighted by Crippen LogP contribution is -2.46. The Morgan fingerprint density at radius 2 is 1.80 bits per heavy atom. The van der Waals surface area contributed by atoms with E-state index in [4.69, 9.17) is 4.74 Å². The molecule has 2 N–H and O–H groups in total. The molecule has 0 aromatic heterocycles. The Morgan fingerprint density at radius 1 is 1.11 bits per heavy atom. The van der Waals surface area contributed by atoms with E-state index in [9.17, 15) is 29.6 Å². The lowest BCUT2D eigenvalue weighted by molar-refractivity contribution is -0.385. The van der Waals surface area contributed by atoms with Gasteiger partial charge in [-0.25, -0.2) is 0 Å². The summed E-state index contributed by atoms with van der Waals surface area (Å²) in [4.78, 5) is 54.4. The Balaban J connectivity index is 1.54. The molecule has 2 aliphatic heterocycles. The van der Waals surface area contributed by atoms with Gasteiger partial charge in [0.15, 0.2) is 13.9 Å². The summed E-state index contributed by atoms with van der Waals surface area (Å²) >= 11 is 2.21. The third kappa shape index (κ3) is 6.05. The lowest BCUT2D eigenvalue weighted by Gasteiger charge is -2.32. The summed E-state index contributed by atoms with van der Waals surface area (Å²) in [6.45, 7) is 5.77. The molecule has 2 amide bonds. The van der Waals surface area contributed by atoms with Crippen LogP contribution in [0.2, 0.25) is 18.6 Å². The first-order valence-corrected chi connectivity index (χ1v) is 18.6. The molecule has 232 valence electrons. The fraction of sp³-hybridized carbons (Fsp3) is 0.375. The molecule has 3 aromatic carbocycles. The topological polar surface area (TPSA) is 133 Å². The van der Waals surface area contributed by atoms with Crippen LogP contribution in [0, 0.1) is 19.6 Å². The van der Waals surface area contributed by atoms with E-state index in [-0.39, 0.29) is 50.2 Å². The molecule has 1 saturated heterocycles. The quantitative estimate of drug-likeness (QED) is 0.131. The molecule has 0 aliphatic carbocycles. The number of anilines is 1. The number of hydrogen-bond acceptors (Lipinski definition) is 7. The average Bonchev–Trinajstić information content (AvgIpc) is 3.40. The molecule has 5 rings (SSSR count). The van der Waals surface area contributed by atoms with Gasteiger partial charge in [-0.05, 0) is 65.0 Å². The second-order valence-corrected chi connectivity index (χ2v) is 17.3. The highest BCUT2D eigenvalue weighted by atomic mass is 127. The number of carbonyl (C=O) groups is 2. The number of nitro benzene ring substituents is 1. The van der Waals surface area contributed by atoms with E-state index >= 15 is 0 Å². The van der Waals surface area contributed by atoms with Gasteiger partial charge in [0.2, 0.25) is 5.91 Å². The van der Waals surface area contributed by atoms with Gasteiger partial charge in [0, 0.05) is 45.8 Å². The molecule has 1 fully saturated rings. The Hall–Kier alpha value is -3.17. The zero-order valence-corrected chi connectivity index (χ0v) is 28.0. The number of hydrogen-bond donors (Lipinski definition) is 2. The highest BCUT2D eigenvalue weighted by molar-refractivity contribution is 14.1. The maximum atomic E-state index is 14.6. The summed E-state index contributed by atoms with van der Waals surface area (Å²) in [6, 6.07) is 21.6. The van der Waals surface area contributed by atoms with Crippen molar-refractivity contribution in [3.63, 3.8) is 0 Å². The number of halogens is 1. The molecule has 1 spiro atoms. The van der Waals surface area contributed by atoms with Gasteiger partial charge in [0.25, 0.3) is 11.6 Å². The van der Waals surface area contributed by atoms with Crippen LogP contribution in [0.3, 0.4) is 0 Å². The predicted octanol–water partition coefficient (Wildman–Crippen LogP) is 4.96. The minimum atomic E-state index is -3.08. The van der Waals surface area contributed by atoms with Crippen LogP contribution in [0.15, 0.2) is 72.8 Å². The number of ether oxygens (including phenoxy) is 1. The van der Waals surface area contributed by atoms with Crippen molar-refractivity contribution in [2.75, 3.05) is 18.1 Å². The third-order valence-electron chi connectivity index (χ3n) is 8.75. The van der Waals surface area contributed by atoms with Crippen LogP contribution in [-0.2, 0) is 33.0 Å². The molecule has 0 radical (unpaired) electrons. The Kier molecular flexibility index (Phi) is 9.28. The van der Waals surface area contributed by atoms with Gasteiger partial charge in [-0.15, -0.1) is 0 Å². The highest BCUT2D eigenvalue weighted by Gasteiger charge is 2.66.